The summed E-state index contributed by atoms with van der Waals surface area (Å²) in [6, 6.07) is 10.5. The van der Waals surface area contributed by atoms with Crippen LogP contribution in [-0.2, 0) is 21.8 Å². The molecule has 2 aromatic heterocycles. The third-order valence-corrected chi connectivity index (χ3v) is 9.20. The summed E-state index contributed by atoms with van der Waals surface area (Å²) in [5.74, 6) is -0.698. The Morgan fingerprint density at radius 1 is 1.00 bits per heavy atom. The van der Waals surface area contributed by atoms with Crippen molar-refractivity contribution in [1.29, 1.82) is 0 Å². The predicted molar refractivity (Wildman–Crippen MR) is 152 cm³/mol. The van der Waals surface area contributed by atoms with E-state index in [9.17, 15) is 27.2 Å². The van der Waals surface area contributed by atoms with Crippen molar-refractivity contribution in [3.05, 3.63) is 85.5 Å². The topological polar surface area (TPSA) is 125 Å². The molecule has 1 saturated carbocycles. The van der Waals surface area contributed by atoms with E-state index in [-0.39, 0.29) is 70.8 Å². The number of aromatic nitrogens is 3. The first-order valence-electron chi connectivity index (χ1n) is 13.0. The molecule has 1 saturated heterocycles. The fraction of sp³-hybridized carbons (Fsp3) is 0.296. The van der Waals surface area contributed by atoms with Crippen molar-refractivity contribution in [2.75, 3.05) is 31.6 Å². The van der Waals surface area contributed by atoms with Gasteiger partial charge in [-0.15, -0.1) is 0 Å². The van der Waals surface area contributed by atoms with Gasteiger partial charge in [0.2, 0.25) is 10.0 Å². The molecule has 14 heteroatoms. The van der Waals surface area contributed by atoms with Crippen LogP contribution < -0.4 is 27.6 Å². The van der Waals surface area contributed by atoms with E-state index in [4.69, 9.17) is 12.6 Å². The zero-order chi connectivity index (χ0) is 29.1. The van der Waals surface area contributed by atoms with Crippen molar-refractivity contribution in [3.8, 4) is 5.69 Å². The molecule has 4 aromatic rings. The van der Waals surface area contributed by atoms with Gasteiger partial charge in [0.15, 0.2) is 0 Å². The number of fused-ring (bicyclic) bond motifs is 1. The smallest absolute Gasteiger partial charge is 0.337 e. The highest BCUT2D eigenvalue weighted by atomic mass is 32.2. The molecule has 3 heterocycles. The van der Waals surface area contributed by atoms with Crippen LogP contribution in [-0.4, -0.2) is 60.6 Å². The van der Waals surface area contributed by atoms with Gasteiger partial charge in [-0.2, -0.15) is 4.31 Å². The Hall–Kier alpha value is -4.01. The van der Waals surface area contributed by atoms with Gasteiger partial charge in [0.1, 0.15) is 24.7 Å². The van der Waals surface area contributed by atoms with Crippen LogP contribution in [0.15, 0.2) is 67.8 Å². The lowest BCUT2D eigenvalue weighted by molar-refractivity contribution is 0.0730. The third-order valence-electron chi connectivity index (χ3n) is 7.31. The summed E-state index contributed by atoms with van der Waals surface area (Å²) in [5.41, 5.74) is -1.69. The number of aryl methyl sites for hydroxylation is 1. The highest BCUT2D eigenvalue weighted by Gasteiger charge is 2.32. The second-order valence-electron chi connectivity index (χ2n) is 10.1. The Balaban J connectivity index is 1.63. The number of benzene rings is 2. The molecule has 2 fully saturated rings. The van der Waals surface area contributed by atoms with Crippen molar-refractivity contribution in [3.63, 3.8) is 0 Å². The van der Waals surface area contributed by atoms with E-state index in [1.165, 1.54) is 52.3 Å². The van der Waals surface area contributed by atoms with Crippen molar-refractivity contribution in [1.82, 2.24) is 18.0 Å². The number of pyridine rings is 1. The van der Waals surface area contributed by atoms with Crippen molar-refractivity contribution in [2.45, 2.75) is 23.8 Å². The monoisotopic (exact) mass is 577 g/mol. The summed E-state index contributed by atoms with van der Waals surface area (Å²) >= 11 is 0. The second kappa shape index (κ2) is 10.1. The minimum absolute atomic E-state index is 0.00276. The van der Waals surface area contributed by atoms with E-state index in [0.717, 1.165) is 21.3 Å². The first kappa shape index (κ1) is 27.2. The number of nitrogens with one attached hydrogen (secondary N) is 1. The van der Waals surface area contributed by atoms with Gasteiger partial charge in [0.25, 0.3) is 11.1 Å². The van der Waals surface area contributed by atoms with Crippen LogP contribution in [0.1, 0.15) is 18.9 Å². The van der Waals surface area contributed by atoms with E-state index in [1.54, 1.807) is 0 Å². The Bertz CT molecular complexity index is 1990. The average Bonchev–Trinajstić information content (AvgIpc) is 3.78. The molecule has 1 aliphatic heterocycles. The molecule has 210 valence electrons. The number of nitrogens with zero attached hydrogens (tertiary/aromatic N) is 4. The van der Waals surface area contributed by atoms with Gasteiger partial charge in [0, 0.05) is 32.2 Å². The SMILES string of the molecule is [B]c1ccc(Nc2cc(=O)n(C)c3c2c(=O)n(C2CC2)c(=O)n3-c2cccc(S(=O)(=O)N3CCOCC3)c2)c(F)c1. The number of ether oxygens (including phenoxy) is 1. The number of rotatable bonds is 6. The maximum atomic E-state index is 14.7. The molecule has 41 heavy (non-hydrogen) atoms. The van der Waals surface area contributed by atoms with Gasteiger partial charge in [-0.1, -0.05) is 17.6 Å². The van der Waals surface area contributed by atoms with Gasteiger partial charge in [-0.3, -0.25) is 18.7 Å². The van der Waals surface area contributed by atoms with E-state index in [0.29, 0.717) is 12.8 Å². The standard InChI is InChI=1S/C27H25BFN5O6S/c1-31-23(35)15-22(30-21-8-5-16(28)13-20(21)29)24-25(31)33(27(37)34(26(24)36)17-6-7-17)18-3-2-4-19(14-18)41(38,39)32-9-11-40-12-10-32/h2-5,8,13-15,17,30H,6-7,9-12H2,1H3. The minimum atomic E-state index is -3.92. The van der Waals surface area contributed by atoms with Crippen molar-refractivity contribution in [2.24, 2.45) is 7.05 Å². The van der Waals surface area contributed by atoms with Gasteiger partial charge in [-0.05, 0) is 43.2 Å². The molecule has 2 aliphatic rings. The largest absolute Gasteiger partial charge is 0.379 e. The third kappa shape index (κ3) is 4.71. The lowest BCUT2D eigenvalue weighted by atomic mass is 9.96. The molecular formula is C27H25BFN5O6S. The molecule has 0 spiro atoms. The molecule has 6 rings (SSSR count). The second-order valence-corrected chi connectivity index (χ2v) is 12.0. The molecule has 1 N–H and O–H groups in total. The normalized spacial score (nSPS) is 16.2. The highest BCUT2D eigenvalue weighted by molar-refractivity contribution is 7.89. The Morgan fingerprint density at radius 2 is 1.73 bits per heavy atom. The summed E-state index contributed by atoms with van der Waals surface area (Å²) in [4.78, 5) is 40.8. The number of hydrogen-bond donors (Lipinski definition) is 1. The van der Waals surface area contributed by atoms with Crippen LogP contribution in [0.5, 0.6) is 0 Å². The van der Waals surface area contributed by atoms with E-state index in [2.05, 4.69) is 5.32 Å². The maximum absolute atomic E-state index is 14.7. The van der Waals surface area contributed by atoms with Crippen LogP contribution >= 0.6 is 0 Å². The predicted octanol–water partition coefficient (Wildman–Crippen LogP) is 0.883. The number of hydrogen-bond acceptors (Lipinski definition) is 7. The minimum Gasteiger partial charge on any atom is -0.379 e. The first-order valence-corrected chi connectivity index (χ1v) is 14.4. The zero-order valence-electron chi connectivity index (χ0n) is 22.0. The molecule has 0 atom stereocenters. The molecule has 2 radical (unpaired) electrons. The maximum Gasteiger partial charge on any atom is 0.337 e. The van der Waals surface area contributed by atoms with Gasteiger partial charge in [0.05, 0.1) is 35.2 Å². The van der Waals surface area contributed by atoms with Gasteiger partial charge >= 0.3 is 5.69 Å². The highest BCUT2D eigenvalue weighted by Crippen LogP contribution is 2.34. The Morgan fingerprint density at radius 3 is 2.41 bits per heavy atom. The quantitative estimate of drug-likeness (QED) is 0.338. The molecule has 2 aromatic carbocycles. The first-order chi connectivity index (χ1) is 19.6. The summed E-state index contributed by atoms with van der Waals surface area (Å²) in [7, 11) is 3.15. The summed E-state index contributed by atoms with van der Waals surface area (Å²) < 4.78 is 51.5. The van der Waals surface area contributed by atoms with Gasteiger partial charge < -0.3 is 10.1 Å². The van der Waals surface area contributed by atoms with Crippen molar-refractivity contribution < 1.29 is 17.5 Å². The summed E-state index contributed by atoms with van der Waals surface area (Å²) in [6.07, 6.45) is 1.21. The molecule has 0 unspecified atom stereocenters. The number of sulfonamides is 1. The Labute approximate surface area is 234 Å². The van der Waals surface area contributed by atoms with E-state index in [1.807, 2.05) is 0 Å². The lowest BCUT2D eigenvalue weighted by Gasteiger charge is -2.26. The zero-order valence-corrected chi connectivity index (χ0v) is 22.9. The number of halogens is 1. The summed E-state index contributed by atoms with van der Waals surface area (Å²) in [5, 5.41) is 2.80. The summed E-state index contributed by atoms with van der Waals surface area (Å²) in [6.45, 7) is 0.907. The molecule has 0 bridgehead atoms. The van der Waals surface area contributed by atoms with Crippen LogP contribution in [0, 0.1) is 5.82 Å². The molecule has 1 aliphatic carbocycles. The Kier molecular flexibility index (Phi) is 6.71. The molecule has 0 amide bonds. The van der Waals surface area contributed by atoms with Gasteiger partial charge in [-0.25, -0.2) is 22.2 Å². The van der Waals surface area contributed by atoms with Crippen LogP contribution in [0.4, 0.5) is 15.8 Å². The van der Waals surface area contributed by atoms with Crippen LogP contribution in [0.3, 0.4) is 0 Å². The number of morpholine rings is 1. The van der Waals surface area contributed by atoms with E-state index >= 15 is 0 Å². The van der Waals surface area contributed by atoms with E-state index < -0.39 is 32.6 Å². The van der Waals surface area contributed by atoms with Crippen LogP contribution in [0.2, 0.25) is 0 Å². The number of anilines is 2. The molecular weight excluding hydrogens is 552 g/mol. The van der Waals surface area contributed by atoms with Crippen molar-refractivity contribution >= 4 is 45.7 Å². The fourth-order valence-corrected chi connectivity index (χ4v) is 6.49. The average molecular weight is 577 g/mol. The fourth-order valence-electron chi connectivity index (χ4n) is 5.05. The molecule has 11 nitrogen and oxygen atoms in total. The lowest BCUT2D eigenvalue weighted by Crippen LogP contribution is -2.42. The van der Waals surface area contributed by atoms with Crippen LogP contribution in [0.25, 0.3) is 16.7 Å².